The summed E-state index contributed by atoms with van der Waals surface area (Å²) < 4.78 is 0. The van der Waals surface area contributed by atoms with Crippen LogP contribution in [0.5, 0.6) is 0 Å². The van der Waals surface area contributed by atoms with Gasteiger partial charge in [-0.2, -0.15) is 0 Å². The van der Waals surface area contributed by atoms with Crippen molar-refractivity contribution in [3.8, 4) is 0 Å². The van der Waals surface area contributed by atoms with E-state index in [2.05, 4.69) is 11.0 Å². The lowest BCUT2D eigenvalue weighted by molar-refractivity contribution is -0.137. The van der Waals surface area contributed by atoms with Crippen molar-refractivity contribution in [2.45, 2.75) is 30.7 Å². The highest BCUT2D eigenvalue weighted by Gasteiger charge is 2.26. The summed E-state index contributed by atoms with van der Waals surface area (Å²) in [5, 5.41) is 9.52. The van der Waals surface area contributed by atoms with E-state index in [1.165, 1.54) is 4.90 Å². The minimum atomic E-state index is -0.741. The molecule has 98 valence electrons. The Labute approximate surface area is 116 Å². The zero-order valence-corrected chi connectivity index (χ0v) is 12.0. The van der Waals surface area contributed by atoms with Crippen LogP contribution < -0.4 is 4.90 Å². The summed E-state index contributed by atoms with van der Waals surface area (Å²) in [7, 11) is 1.99. The van der Waals surface area contributed by atoms with Crippen molar-refractivity contribution in [1.29, 1.82) is 0 Å². The van der Waals surface area contributed by atoms with Crippen LogP contribution in [0.1, 0.15) is 18.4 Å². The van der Waals surface area contributed by atoms with Crippen molar-refractivity contribution in [3.63, 3.8) is 0 Å². The standard InChI is InChI=1S/C13H16ClNO2S/c1-8-5-10(14)13-11(6-8)18-7-9(15(13)2)3-4-12(16)17/h5-6,9H,3-4,7H2,1-2H3,(H,16,17). The highest BCUT2D eigenvalue weighted by Crippen LogP contribution is 2.42. The van der Waals surface area contributed by atoms with Crippen molar-refractivity contribution in [2.75, 3.05) is 17.7 Å². The van der Waals surface area contributed by atoms with Gasteiger partial charge in [0.1, 0.15) is 0 Å². The molecule has 1 aromatic carbocycles. The number of fused-ring (bicyclic) bond motifs is 1. The van der Waals surface area contributed by atoms with Gasteiger partial charge in [0.05, 0.1) is 10.7 Å². The molecule has 0 radical (unpaired) electrons. The van der Waals surface area contributed by atoms with Crippen molar-refractivity contribution >= 4 is 35.0 Å². The van der Waals surface area contributed by atoms with Gasteiger partial charge in [0.15, 0.2) is 0 Å². The molecule has 1 heterocycles. The lowest BCUT2D eigenvalue weighted by atomic mass is 10.1. The SMILES string of the molecule is Cc1cc(Cl)c2c(c1)SCC(CCC(=O)O)N2C. The molecule has 5 heteroatoms. The van der Waals surface area contributed by atoms with E-state index in [0.717, 1.165) is 22.0 Å². The fourth-order valence-electron chi connectivity index (χ4n) is 2.20. The van der Waals surface area contributed by atoms with Gasteiger partial charge >= 0.3 is 5.97 Å². The van der Waals surface area contributed by atoms with Crippen LogP contribution >= 0.6 is 23.4 Å². The normalized spacial score (nSPS) is 18.6. The quantitative estimate of drug-likeness (QED) is 0.924. The summed E-state index contributed by atoms with van der Waals surface area (Å²) in [6.07, 6.45) is 0.858. The van der Waals surface area contributed by atoms with Crippen LogP contribution in [0.4, 0.5) is 5.69 Å². The van der Waals surface area contributed by atoms with Crippen LogP contribution in [0.25, 0.3) is 0 Å². The minimum absolute atomic E-state index is 0.203. The number of carboxylic acids is 1. The first-order valence-corrected chi connectivity index (χ1v) is 7.23. The molecule has 3 nitrogen and oxygen atoms in total. The number of nitrogens with zero attached hydrogens (tertiary/aromatic N) is 1. The van der Waals surface area contributed by atoms with E-state index in [1.54, 1.807) is 11.8 Å². The number of halogens is 1. The highest BCUT2D eigenvalue weighted by molar-refractivity contribution is 7.99. The number of hydrogen-bond acceptors (Lipinski definition) is 3. The number of aryl methyl sites for hydroxylation is 1. The van der Waals surface area contributed by atoms with Gasteiger partial charge < -0.3 is 10.0 Å². The van der Waals surface area contributed by atoms with E-state index in [-0.39, 0.29) is 12.5 Å². The summed E-state index contributed by atoms with van der Waals surface area (Å²) in [5.41, 5.74) is 2.19. The third-order valence-corrected chi connectivity index (χ3v) is 4.66. The Kier molecular flexibility index (Phi) is 4.07. The molecule has 1 aliphatic heterocycles. The molecule has 18 heavy (non-hydrogen) atoms. The van der Waals surface area contributed by atoms with E-state index >= 15 is 0 Å². The zero-order valence-electron chi connectivity index (χ0n) is 10.4. The lowest BCUT2D eigenvalue weighted by Crippen LogP contribution is -2.37. The van der Waals surface area contributed by atoms with Crippen LogP contribution in [0, 0.1) is 6.92 Å². The number of hydrogen-bond donors (Lipinski definition) is 1. The Morgan fingerprint density at radius 1 is 1.61 bits per heavy atom. The number of carbonyl (C=O) groups is 1. The Balaban J connectivity index is 2.22. The molecule has 0 aliphatic carbocycles. The van der Waals surface area contributed by atoms with E-state index < -0.39 is 5.97 Å². The maximum atomic E-state index is 10.7. The molecule has 0 amide bonds. The third kappa shape index (κ3) is 2.75. The molecule has 0 bridgehead atoms. The van der Waals surface area contributed by atoms with E-state index in [9.17, 15) is 4.79 Å². The molecule has 1 N–H and O–H groups in total. The van der Waals surface area contributed by atoms with Crippen molar-refractivity contribution in [3.05, 3.63) is 22.7 Å². The van der Waals surface area contributed by atoms with Crippen LogP contribution in [-0.4, -0.2) is 29.9 Å². The second-order valence-electron chi connectivity index (χ2n) is 4.60. The Morgan fingerprint density at radius 3 is 3.00 bits per heavy atom. The molecule has 1 aromatic rings. The van der Waals surface area contributed by atoms with Crippen LogP contribution in [0.3, 0.4) is 0 Å². The molecule has 0 saturated heterocycles. The minimum Gasteiger partial charge on any atom is -0.481 e. The van der Waals surface area contributed by atoms with Crippen LogP contribution in [-0.2, 0) is 4.79 Å². The monoisotopic (exact) mass is 285 g/mol. The second kappa shape index (κ2) is 5.41. The maximum absolute atomic E-state index is 10.7. The number of rotatable bonds is 3. The first kappa shape index (κ1) is 13.6. The average molecular weight is 286 g/mol. The van der Waals surface area contributed by atoms with E-state index in [1.807, 2.05) is 20.0 Å². The zero-order chi connectivity index (χ0) is 13.3. The summed E-state index contributed by atoms with van der Waals surface area (Å²) >= 11 is 8.06. The molecule has 2 rings (SSSR count). The predicted octanol–water partition coefficient (Wildman–Crippen LogP) is 3.42. The van der Waals surface area contributed by atoms with Gasteiger partial charge in [-0.25, -0.2) is 0 Å². The fourth-order valence-corrected chi connectivity index (χ4v) is 4.09. The number of aliphatic carboxylic acids is 1. The highest BCUT2D eigenvalue weighted by atomic mass is 35.5. The first-order valence-electron chi connectivity index (χ1n) is 5.86. The second-order valence-corrected chi connectivity index (χ2v) is 6.07. The number of benzene rings is 1. The predicted molar refractivity (Wildman–Crippen MR) is 76.0 cm³/mol. The topological polar surface area (TPSA) is 40.5 Å². The van der Waals surface area contributed by atoms with Crippen molar-refractivity contribution in [2.24, 2.45) is 0 Å². The first-order chi connectivity index (χ1) is 8.49. The van der Waals surface area contributed by atoms with Gasteiger partial charge in [0, 0.05) is 30.2 Å². The summed E-state index contributed by atoms with van der Waals surface area (Å²) in [6, 6.07) is 4.33. The molecular weight excluding hydrogens is 270 g/mol. The van der Waals surface area contributed by atoms with E-state index in [0.29, 0.717) is 6.42 Å². The Bertz CT molecular complexity index is 478. The van der Waals surface area contributed by atoms with Gasteiger partial charge in [-0.05, 0) is 31.0 Å². The van der Waals surface area contributed by atoms with Gasteiger partial charge in [-0.15, -0.1) is 11.8 Å². The molecule has 0 saturated carbocycles. The molecule has 1 aliphatic rings. The molecule has 1 atom stereocenters. The fraction of sp³-hybridized carbons (Fsp3) is 0.462. The van der Waals surface area contributed by atoms with Crippen LogP contribution in [0.2, 0.25) is 5.02 Å². The molecule has 0 fully saturated rings. The number of thioether (sulfide) groups is 1. The van der Waals surface area contributed by atoms with Crippen molar-refractivity contribution in [1.82, 2.24) is 0 Å². The van der Waals surface area contributed by atoms with E-state index in [4.69, 9.17) is 16.7 Å². The Morgan fingerprint density at radius 2 is 2.33 bits per heavy atom. The summed E-state index contributed by atoms with van der Waals surface area (Å²) in [5.74, 6) is 0.172. The molecular formula is C13H16ClNO2S. The summed E-state index contributed by atoms with van der Waals surface area (Å²) in [4.78, 5) is 14.0. The van der Waals surface area contributed by atoms with Crippen LogP contribution in [0.15, 0.2) is 17.0 Å². The third-order valence-electron chi connectivity index (χ3n) is 3.20. The maximum Gasteiger partial charge on any atom is 0.303 e. The van der Waals surface area contributed by atoms with Gasteiger partial charge in [-0.3, -0.25) is 4.79 Å². The molecule has 0 spiro atoms. The van der Waals surface area contributed by atoms with Crippen molar-refractivity contribution < 1.29 is 9.90 Å². The number of anilines is 1. The summed E-state index contributed by atoms with van der Waals surface area (Å²) in [6.45, 7) is 2.03. The largest absolute Gasteiger partial charge is 0.481 e. The smallest absolute Gasteiger partial charge is 0.303 e. The molecule has 0 aromatic heterocycles. The van der Waals surface area contributed by atoms with Gasteiger partial charge in [-0.1, -0.05) is 11.6 Å². The van der Waals surface area contributed by atoms with Gasteiger partial charge in [0.2, 0.25) is 0 Å². The van der Waals surface area contributed by atoms with Gasteiger partial charge in [0.25, 0.3) is 0 Å². The Hall–Kier alpha value is -0.870. The average Bonchev–Trinajstić information content (AvgIpc) is 2.26. The molecule has 1 unspecified atom stereocenters. The number of carboxylic acid groups (broad SMARTS) is 1. The lowest BCUT2D eigenvalue weighted by Gasteiger charge is -2.36.